The summed E-state index contributed by atoms with van der Waals surface area (Å²) in [4.78, 5) is 13.8. The molecule has 1 amide bonds. The Hall–Kier alpha value is -0.320. The highest BCUT2D eigenvalue weighted by Crippen LogP contribution is 2.26. The highest BCUT2D eigenvalue weighted by molar-refractivity contribution is 5.85. The van der Waals surface area contributed by atoms with Crippen LogP contribution in [-0.2, 0) is 9.53 Å². The average molecular weight is 263 g/mol. The van der Waals surface area contributed by atoms with Crippen molar-refractivity contribution >= 4 is 18.3 Å². The third kappa shape index (κ3) is 3.83. The summed E-state index contributed by atoms with van der Waals surface area (Å²) < 4.78 is 5.30. The van der Waals surface area contributed by atoms with Crippen molar-refractivity contribution in [3.05, 3.63) is 0 Å². The van der Waals surface area contributed by atoms with Crippen molar-refractivity contribution < 1.29 is 9.53 Å². The molecule has 1 N–H and O–H groups in total. The lowest BCUT2D eigenvalue weighted by Crippen LogP contribution is -2.44. The second kappa shape index (κ2) is 7.19. The number of ether oxygens (including phenoxy) is 1. The lowest BCUT2D eigenvalue weighted by Gasteiger charge is -2.34. The van der Waals surface area contributed by atoms with E-state index >= 15 is 0 Å². The number of hydrogen-bond donors (Lipinski definition) is 1. The van der Waals surface area contributed by atoms with E-state index in [9.17, 15) is 4.79 Å². The third-order valence-corrected chi connectivity index (χ3v) is 3.63. The van der Waals surface area contributed by atoms with Crippen LogP contribution >= 0.6 is 12.4 Å². The van der Waals surface area contributed by atoms with Crippen LogP contribution in [0.15, 0.2) is 0 Å². The van der Waals surface area contributed by atoms with Gasteiger partial charge in [0.05, 0.1) is 0 Å². The van der Waals surface area contributed by atoms with Crippen LogP contribution in [0.4, 0.5) is 0 Å². The van der Waals surface area contributed by atoms with Gasteiger partial charge in [-0.1, -0.05) is 6.92 Å². The van der Waals surface area contributed by atoms with Crippen molar-refractivity contribution in [1.82, 2.24) is 10.2 Å². The molecule has 0 aromatic heterocycles. The first kappa shape index (κ1) is 14.7. The number of amides is 1. The minimum Gasteiger partial charge on any atom is -0.372 e. The maximum absolute atomic E-state index is 11.8. The molecule has 0 radical (unpaired) electrons. The molecule has 17 heavy (non-hydrogen) atoms. The first-order valence-corrected chi connectivity index (χ1v) is 6.37. The molecule has 5 heteroatoms. The number of piperidine rings is 1. The van der Waals surface area contributed by atoms with Crippen LogP contribution in [0, 0.1) is 11.8 Å². The molecule has 2 saturated heterocycles. The first-order chi connectivity index (χ1) is 7.81. The number of nitrogens with one attached hydrogen (secondary N) is 1. The summed E-state index contributed by atoms with van der Waals surface area (Å²) in [5, 5.41) is 3.41. The van der Waals surface area contributed by atoms with Gasteiger partial charge in [-0.05, 0) is 37.8 Å². The van der Waals surface area contributed by atoms with Crippen LogP contribution in [0.1, 0.15) is 19.8 Å². The maximum Gasteiger partial charge on any atom is 0.248 e. The van der Waals surface area contributed by atoms with Crippen molar-refractivity contribution in [3.8, 4) is 0 Å². The van der Waals surface area contributed by atoms with E-state index in [0.717, 1.165) is 44.9 Å². The maximum atomic E-state index is 11.8. The summed E-state index contributed by atoms with van der Waals surface area (Å²) in [6, 6.07) is 0. The fraction of sp³-hybridized carbons (Fsp3) is 0.917. The van der Waals surface area contributed by atoms with Crippen LogP contribution in [0.25, 0.3) is 0 Å². The first-order valence-electron chi connectivity index (χ1n) is 6.37. The molecule has 0 bridgehead atoms. The van der Waals surface area contributed by atoms with Crippen molar-refractivity contribution in [1.29, 1.82) is 0 Å². The molecular formula is C12H23ClN2O2. The summed E-state index contributed by atoms with van der Waals surface area (Å²) >= 11 is 0. The van der Waals surface area contributed by atoms with Gasteiger partial charge in [0.15, 0.2) is 0 Å². The number of carbonyl (C=O) groups excluding carboxylic acids is 1. The summed E-state index contributed by atoms with van der Waals surface area (Å²) in [6.45, 7) is 7.05. The molecule has 2 unspecified atom stereocenters. The highest BCUT2D eigenvalue weighted by atomic mass is 35.5. The van der Waals surface area contributed by atoms with Crippen molar-refractivity contribution in [3.63, 3.8) is 0 Å². The van der Waals surface area contributed by atoms with E-state index in [1.165, 1.54) is 0 Å². The standard InChI is InChI=1S/C12H22N2O2.ClH/c1-2-5-16-9-12(15)14-4-3-10-6-13-7-11(10)8-14;/h10-11,13H,2-9H2,1H3;1H. The Balaban J connectivity index is 0.00000144. The van der Waals surface area contributed by atoms with E-state index < -0.39 is 0 Å². The second-order valence-electron chi connectivity index (χ2n) is 4.86. The normalized spacial score (nSPS) is 27.5. The zero-order valence-corrected chi connectivity index (χ0v) is 11.3. The van der Waals surface area contributed by atoms with Gasteiger partial charge in [0.25, 0.3) is 0 Å². The molecule has 2 rings (SSSR count). The lowest BCUT2D eigenvalue weighted by molar-refractivity contribution is -0.138. The van der Waals surface area contributed by atoms with Gasteiger partial charge >= 0.3 is 0 Å². The SMILES string of the molecule is CCCOCC(=O)N1CCC2CNCC2C1.Cl. The fourth-order valence-electron chi connectivity index (χ4n) is 2.66. The predicted molar refractivity (Wildman–Crippen MR) is 69.4 cm³/mol. The molecule has 2 atom stereocenters. The Morgan fingerprint density at radius 3 is 2.94 bits per heavy atom. The fourth-order valence-corrected chi connectivity index (χ4v) is 2.66. The van der Waals surface area contributed by atoms with Crippen molar-refractivity contribution in [2.24, 2.45) is 11.8 Å². The Bertz CT molecular complexity index is 251. The Morgan fingerprint density at radius 2 is 2.18 bits per heavy atom. The predicted octanol–water partition coefficient (Wildman–Crippen LogP) is 0.903. The number of halogens is 1. The number of likely N-dealkylation sites (tertiary alicyclic amines) is 1. The van der Waals surface area contributed by atoms with Gasteiger partial charge < -0.3 is 15.0 Å². The Labute approximate surface area is 109 Å². The molecule has 2 aliphatic rings. The molecule has 0 spiro atoms. The molecular weight excluding hydrogens is 240 g/mol. The van der Waals surface area contributed by atoms with Gasteiger partial charge in [-0.3, -0.25) is 4.79 Å². The van der Waals surface area contributed by atoms with Crippen LogP contribution < -0.4 is 5.32 Å². The van der Waals surface area contributed by atoms with Crippen LogP contribution in [-0.4, -0.2) is 50.2 Å². The van der Waals surface area contributed by atoms with Crippen molar-refractivity contribution in [2.75, 3.05) is 39.4 Å². The summed E-state index contributed by atoms with van der Waals surface area (Å²) in [5.74, 6) is 1.63. The molecule has 2 heterocycles. The number of nitrogens with zero attached hydrogens (tertiary/aromatic N) is 1. The van der Waals surface area contributed by atoms with Gasteiger partial charge in [0, 0.05) is 19.7 Å². The largest absolute Gasteiger partial charge is 0.372 e. The number of carbonyl (C=O) groups is 1. The molecule has 100 valence electrons. The second-order valence-corrected chi connectivity index (χ2v) is 4.86. The van der Waals surface area contributed by atoms with Gasteiger partial charge in [-0.2, -0.15) is 0 Å². The molecule has 2 fully saturated rings. The minimum atomic E-state index is 0. The van der Waals surface area contributed by atoms with E-state index in [2.05, 4.69) is 12.2 Å². The zero-order chi connectivity index (χ0) is 11.4. The third-order valence-electron chi connectivity index (χ3n) is 3.63. The van der Waals surface area contributed by atoms with E-state index in [0.29, 0.717) is 12.5 Å². The smallest absolute Gasteiger partial charge is 0.248 e. The minimum absolute atomic E-state index is 0. The zero-order valence-electron chi connectivity index (χ0n) is 10.5. The average Bonchev–Trinajstić information content (AvgIpc) is 2.76. The Morgan fingerprint density at radius 1 is 1.41 bits per heavy atom. The monoisotopic (exact) mass is 262 g/mol. The Kier molecular flexibility index (Phi) is 6.23. The van der Waals surface area contributed by atoms with E-state index in [4.69, 9.17) is 4.74 Å². The van der Waals surface area contributed by atoms with Crippen LogP contribution in [0.5, 0.6) is 0 Å². The van der Waals surface area contributed by atoms with Gasteiger partial charge in [-0.25, -0.2) is 0 Å². The molecule has 4 nitrogen and oxygen atoms in total. The lowest BCUT2D eigenvalue weighted by atomic mass is 9.89. The van der Waals surface area contributed by atoms with Gasteiger partial charge in [-0.15, -0.1) is 12.4 Å². The summed E-state index contributed by atoms with van der Waals surface area (Å²) in [6.07, 6.45) is 2.12. The summed E-state index contributed by atoms with van der Waals surface area (Å²) in [7, 11) is 0. The molecule has 0 aromatic rings. The number of hydrogen-bond acceptors (Lipinski definition) is 3. The highest BCUT2D eigenvalue weighted by Gasteiger charge is 2.34. The summed E-state index contributed by atoms with van der Waals surface area (Å²) in [5.41, 5.74) is 0. The van der Waals surface area contributed by atoms with Gasteiger partial charge in [0.1, 0.15) is 6.61 Å². The number of rotatable bonds is 4. The van der Waals surface area contributed by atoms with Gasteiger partial charge in [0.2, 0.25) is 5.91 Å². The van der Waals surface area contributed by atoms with E-state index in [-0.39, 0.29) is 24.9 Å². The topological polar surface area (TPSA) is 41.6 Å². The molecule has 0 aromatic carbocycles. The molecule has 0 saturated carbocycles. The van der Waals surface area contributed by atoms with Crippen LogP contribution in [0.2, 0.25) is 0 Å². The molecule has 0 aliphatic carbocycles. The van der Waals surface area contributed by atoms with E-state index in [1.807, 2.05) is 4.90 Å². The number of fused-ring (bicyclic) bond motifs is 1. The quantitative estimate of drug-likeness (QED) is 0.766. The van der Waals surface area contributed by atoms with Crippen LogP contribution in [0.3, 0.4) is 0 Å². The van der Waals surface area contributed by atoms with Crippen molar-refractivity contribution in [2.45, 2.75) is 19.8 Å². The van der Waals surface area contributed by atoms with E-state index in [1.54, 1.807) is 0 Å². The molecule has 2 aliphatic heterocycles.